The van der Waals surface area contributed by atoms with Gasteiger partial charge in [0.15, 0.2) is 0 Å². The molecule has 0 saturated heterocycles. The van der Waals surface area contributed by atoms with Gasteiger partial charge in [0.2, 0.25) is 0 Å². The van der Waals surface area contributed by atoms with Crippen molar-refractivity contribution in [2.24, 2.45) is 0 Å². The summed E-state index contributed by atoms with van der Waals surface area (Å²) in [6.45, 7) is 0.589. The SMILES string of the molecule is COc1cccc(CCN(C(=O)c2ccc(Br)cc2)c2ccccc2)c1. The fraction of sp³-hybridized carbons (Fsp3) is 0.136. The molecule has 3 rings (SSSR count). The topological polar surface area (TPSA) is 29.5 Å². The van der Waals surface area contributed by atoms with Crippen LogP contribution in [0.3, 0.4) is 0 Å². The highest BCUT2D eigenvalue weighted by Crippen LogP contribution is 2.20. The normalized spacial score (nSPS) is 10.4. The Morgan fingerprint density at radius 2 is 1.69 bits per heavy atom. The maximum atomic E-state index is 13.1. The van der Waals surface area contributed by atoms with Gasteiger partial charge in [0.05, 0.1) is 7.11 Å². The zero-order valence-corrected chi connectivity index (χ0v) is 16.1. The van der Waals surface area contributed by atoms with Gasteiger partial charge in [0.25, 0.3) is 5.91 Å². The molecule has 0 heterocycles. The molecule has 132 valence electrons. The minimum atomic E-state index is -0.00778. The Morgan fingerprint density at radius 3 is 2.38 bits per heavy atom. The van der Waals surface area contributed by atoms with E-state index in [9.17, 15) is 4.79 Å². The minimum absolute atomic E-state index is 0.00778. The maximum absolute atomic E-state index is 13.1. The molecule has 0 radical (unpaired) electrons. The quantitative estimate of drug-likeness (QED) is 0.549. The van der Waals surface area contributed by atoms with E-state index in [1.807, 2.05) is 77.7 Å². The van der Waals surface area contributed by atoms with Crippen LogP contribution >= 0.6 is 15.9 Å². The minimum Gasteiger partial charge on any atom is -0.497 e. The third kappa shape index (κ3) is 4.52. The summed E-state index contributed by atoms with van der Waals surface area (Å²) < 4.78 is 6.24. The molecule has 0 atom stereocenters. The van der Waals surface area contributed by atoms with E-state index >= 15 is 0 Å². The Hall–Kier alpha value is -2.59. The third-order valence-corrected chi connectivity index (χ3v) is 4.69. The molecule has 1 amide bonds. The zero-order valence-electron chi connectivity index (χ0n) is 14.6. The number of methoxy groups -OCH3 is 1. The molecule has 0 bridgehead atoms. The fourth-order valence-electron chi connectivity index (χ4n) is 2.77. The van der Waals surface area contributed by atoms with Crippen molar-refractivity contribution in [2.45, 2.75) is 6.42 Å². The molecule has 0 N–H and O–H groups in total. The molecule has 0 aliphatic carbocycles. The first-order chi connectivity index (χ1) is 12.7. The van der Waals surface area contributed by atoms with Crippen molar-refractivity contribution in [3.8, 4) is 5.75 Å². The van der Waals surface area contributed by atoms with Crippen LogP contribution in [0, 0.1) is 0 Å². The number of carbonyl (C=O) groups is 1. The second-order valence-electron chi connectivity index (χ2n) is 5.90. The molecule has 0 aliphatic heterocycles. The molecule has 0 spiro atoms. The van der Waals surface area contributed by atoms with Crippen molar-refractivity contribution in [3.05, 3.63) is 94.5 Å². The van der Waals surface area contributed by atoms with Gasteiger partial charge in [-0.25, -0.2) is 0 Å². The predicted molar refractivity (Wildman–Crippen MR) is 109 cm³/mol. The fourth-order valence-corrected chi connectivity index (χ4v) is 3.04. The predicted octanol–water partition coefficient (Wildman–Crippen LogP) is 5.35. The van der Waals surface area contributed by atoms with Gasteiger partial charge in [-0.1, -0.05) is 46.3 Å². The first-order valence-electron chi connectivity index (χ1n) is 8.43. The summed E-state index contributed by atoms with van der Waals surface area (Å²) in [6, 6.07) is 25.2. The summed E-state index contributed by atoms with van der Waals surface area (Å²) in [6.07, 6.45) is 0.744. The van der Waals surface area contributed by atoms with Crippen LogP contribution in [0.25, 0.3) is 0 Å². The van der Waals surface area contributed by atoms with E-state index in [4.69, 9.17) is 4.74 Å². The molecule has 3 nitrogen and oxygen atoms in total. The standard InChI is InChI=1S/C22H20BrNO2/c1-26-21-9-5-6-17(16-21)14-15-24(20-7-3-2-4-8-20)22(25)18-10-12-19(23)13-11-18/h2-13,16H,14-15H2,1H3. The molecule has 3 aromatic rings. The number of carbonyl (C=O) groups excluding carboxylic acids is 1. The van der Waals surface area contributed by atoms with Gasteiger partial charge in [-0.2, -0.15) is 0 Å². The van der Waals surface area contributed by atoms with Crippen molar-refractivity contribution in [3.63, 3.8) is 0 Å². The number of benzene rings is 3. The lowest BCUT2D eigenvalue weighted by Gasteiger charge is -2.23. The van der Waals surface area contributed by atoms with Crippen LogP contribution in [-0.2, 0) is 6.42 Å². The molecule has 0 fully saturated rings. The molecule has 0 saturated carbocycles. The zero-order chi connectivity index (χ0) is 18.4. The lowest BCUT2D eigenvalue weighted by Crippen LogP contribution is -2.32. The largest absolute Gasteiger partial charge is 0.497 e. The van der Waals surface area contributed by atoms with Gasteiger partial charge in [0.1, 0.15) is 5.75 Å². The Kier molecular flexibility index (Phi) is 6.08. The molecule has 3 aromatic carbocycles. The second-order valence-corrected chi connectivity index (χ2v) is 6.82. The van der Waals surface area contributed by atoms with Gasteiger partial charge in [0, 0.05) is 22.3 Å². The van der Waals surface area contributed by atoms with Gasteiger partial charge in [-0.3, -0.25) is 4.79 Å². The van der Waals surface area contributed by atoms with Gasteiger partial charge < -0.3 is 9.64 Å². The van der Waals surface area contributed by atoms with Gasteiger partial charge in [-0.05, 0) is 60.5 Å². The van der Waals surface area contributed by atoms with Crippen LogP contribution in [0.5, 0.6) is 5.75 Å². The number of nitrogens with zero attached hydrogens (tertiary/aromatic N) is 1. The van der Waals surface area contributed by atoms with E-state index in [2.05, 4.69) is 22.0 Å². The Bertz CT molecular complexity index is 863. The van der Waals surface area contributed by atoms with E-state index in [1.54, 1.807) is 7.11 Å². The monoisotopic (exact) mass is 409 g/mol. The summed E-state index contributed by atoms with van der Waals surface area (Å²) >= 11 is 3.41. The summed E-state index contributed by atoms with van der Waals surface area (Å²) in [5.41, 5.74) is 2.69. The Labute approximate surface area is 162 Å². The number of ether oxygens (including phenoxy) is 1. The molecular formula is C22H20BrNO2. The Balaban J connectivity index is 1.83. The Morgan fingerprint density at radius 1 is 0.962 bits per heavy atom. The highest BCUT2D eigenvalue weighted by molar-refractivity contribution is 9.10. The smallest absolute Gasteiger partial charge is 0.258 e. The van der Waals surface area contributed by atoms with Gasteiger partial charge >= 0.3 is 0 Å². The molecular weight excluding hydrogens is 390 g/mol. The van der Waals surface area contributed by atoms with Crippen molar-refractivity contribution < 1.29 is 9.53 Å². The van der Waals surface area contributed by atoms with Crippen LogP contribution in [0.15, 0.2) is 83.3 Å². The molecule has 4 heteroatoms. The molecule has 0 aliphatic rings. The van der Waals surface area contributed by atoms with Crippen molar-refractivity contribution in [1.29, 1.82) is 0 Å². The lowest BCUT2D eigenvalue weighted by molar-refractivity contribution is 0.0987. The van der Waals surface area contributed by atoms with E-state index in [-0.39, 0.29) is 5.91 Å². The molecule has 26 heavy (non-hydrogen) atoms. The highest BCUT2D eigenvalue weighted by atomic mass is 79.9. The van der Waals surface area contributed by atoms with E-state index in [0.717, 1.165) is 27.9 Å². The van der Waals surface area contributed by atoms with Crippen LogP contribution in [-0.4, -0.2) is 19.6 Å². The second kappa shape index (κ2) is 8.68. The van der Waals surface area contributed by atoms with E-state index in [0.29, 0.717) is 12.1 Å². The van der Waals surface area contributed by atoms with Crippen LogP contribution in [0.4, 0.5) is 5.69 Å². The third-order valence-electron chi connectivity index (χ3n) is 4.16. The number of hydrogen-bond acceptors (Lipinski definition) is 2. The molecule has 0 unspecified atom stereocenters. The van der Waals surface area contributed by atoms with Crippen molar-refractivity contribution >= 4 is 27.5 Å². The number of rotatable bonds is 6. The van der Waals surface area contributed by atoms with Crippen LogP contribution in [0.2, 0.25) is 0 Å². The maximum Gasteiger partial charge on any atom is 0.258 e. The number of amides is 1. The summed E-state index contributed by atoms with van der Waals surface area (Å²) in [4.78, 5) is 14.9. The number of halogens is 1. The first kappa shape index (κ1) is 18.2. The number of para-hydroxylation sites is 1. The van der Waals surface area contributed by atoms with Crippen LogP contribution < -0.4 is 9.64 Å². The summed E-state index contributed by atoms with van der Waals surface area (Å²) in [5, 5.41) is 0. The average molecular weight is 410 g/mol. The summed E-state index contributed by atoms with van der Waals surface area (Å²) in [7, 11) is 1.66. The number of anilines is 1. The average Bonchev–Trinajstić information content (AvgIpc) is 2.69. The van der Waals surface area contributed by atoms with Gasteiger partial charge in [-0.15, -0.1) is 0 Å². The molecule has 0 aromatic heterocycles. The van der Waals surface area contributed by atoms with Crippen molar-refractivity contribution in [2.75, 3.05) is 18.6 Å². The highest BCUT2D eigenvalue weighted by Gasteiger charge is 2.17. The van der Waals surface area contributed by atoms with Crippen LogP contribution in [0.1, 0.15) is 15.9 Å². The summed E-state index contributed by atoms with van der Waals surface area (Å²) in [5.74, 6) is 0.819. The number of hydrogen-bond donors (Lipinski definition) is 0. The lowest BCUT2D eigenvalue weighted by atomic mass is 10.1. The van der Waals surface area contributed by atoms with E-state index in [1.165, 1.54) is 0 Å². The first-order valence-corrected chi connectivity index (χ1v) is 9.22. The van der Waals surface area contributed by atoms with Crippen molar-refractivity contribution in [1.82, 2.24) is 0 Å². The van der Waals surface area contributed by atoms with E-state index < -0.39 is 0 Å².